The third-order valence-electron chi connectivity index (χ3n) is 3.07. The van der Waals surface area contributed by atoms with Gasteiger partial charge in [0.2, 0.25) is 10.0 Å². The van der Waals surface area contributed by atoms with Crippen molar-refractivity contribution in [3.05, 3.63) is 28.2 Å². The monoisotopic (exact) mass is 308 g/mol. The molecule has 100 valence electrons. The second-order valence-corrected chi connectivity index (χ2v) is 6.96. The van der Waals surface area contributed by atoms with Gasteiger partial charge in [0, 0.05) is 24.2 Å². The van der Waals surface area contributed by atoms with E-state index in [9.17, 15) is 8.42 Å². The molecule has 0 radical (unpaired) electrons. The molecule has 0 aromatic heterocycles. The summed E-state index contributed by atoms with van der Waals surface area (Å²) in [6.07, 6.45) is 0.800. The topological polar surface area (TPSA) is 49.4 Å². The standard InChI is InChI=1S/C11H14Cl2N2O2S/c1-14-9-4-5-15(7-9)18(16,17)11-6-8(12)2-3-10(11)13/h2-3,6,9,14H,4-5,7H2,1H3. The lowest BCUT2D eigenvalue weighted by Gasteiger charge is -2.17. The molecule has 7 heteroatoms. The van der Waals surface area contributed by atoms with Gasteiger partial charge in [-0.15, -0.1) is 0 Å². The molecule has 0 amide bonds. The minimum atomic E-state index is -3.56. The van der Waals surface area contributed by atoms with Gasteiger partial charge in [0.05, 0.1) is 5.02 Å². The van der Waals surface area contributed by atoms with Crippen LogP contribution in [0.5, 0.6) is 0 Å². The number of nitrogens with one attached hydrogen (secondary N) is 1. The first-order valence-corrected chi connectivity index (χ1v) is 7.77. The second kappa shape index (κ2) is 5.35. The van der Waals surface area contributed by atoms with Crippen molar-refractivity contribution in [1.82, 2.24) is 9.62 Å². The molecule has 1 unspecified atom stereocenters. The average Bonchev–Trinajstić information content (AvgIpc) is 2.81. The molecule has 1 N–H and O–H groups in total. The van der Waals surface area contributed by atoms with Crippen molar-refractivity contribution >= 4 is 33.2 Å². The summed E-state index contributed by atoms with van der Waals surface area (Å²) in [7, 11) is -1.73. The highest BCUT2D eigenvalue weighted by Gasteiger charge is 2.33. The van der Waals surface area contributed by atoms with Crippen LogP contribution in [-0.4, -0.2) is 38.9 Å². The van der Waals surface area contributed by atoms with Gasteiger partial charge in [-0.1, -0.05) is 23.2 Å². The predicted molar refractivity (Wildman–Crippen MR) is 72.7 cm³/mol. The maximum atomic E-state index is 12.4. The zero-order valence-corrected chi connectivity index (χ0v) is 12.2. The Kier molecular flexibility index (Phi) is 4.18. The molecule has 1 saturated heterocycles. The van der Waals surface area contributed by atoms with Crippen molar-refractivity contribution in [1.29, 1.82) is 0 Å². The fourth-order valence-electron chi connectivity index (χ4n) is 2.00. The van der Waals surface area contributed by atoms with E-state index in [0.717, 1.165) is 6.42 Å². The minimum Gasteiger partial charge on any atom is -0.316 e. The summed E-state index contributed by atoms with van der Waals surface area (Å²) >= 11 is 11.8. The van der Waals surface area contributed by atoms with Crippen LogP contribution in [0.15, 0.2) is 23.1 Å². The summed E-state index contributed by atoms with van der Waals surface area (Å²) in [5, 5.41) is 3.64. The Morgan fingerprint density at radius 2 is 2.11 bits per heavy atom. The minimum absolute atomic E-state index is 0.0772. The molecule has 1 aromatic carbocycles. The van der Waals surface area contributed by atoms with Gasteiger partial charge in [0.15, 0.2) is 0 Å². The van der Waals surface area contributed by atoms with E-state index in [1.807, 2.05) is 7.05 Å². The zero-order valence-electron chi connectivity index (χ0n) is 9.86. The summed E-state index contributed by atoms with van der Waals surface area (Å²) in [5.41, 5.74) is 0. The van der Waals surface area contributed by atoms with Crippen molar-refractivity contribution in [2.45, 2.75) is 17.4 Å². The number of halogens is 2. The van der Waals surface area contributed by atoms with Crippen LogP contribution in [0.3, 0.4) is 0 Å². The van der Waals surface area contributed by atoms with Crippen LogP contribution in [0.25, 0.3) is 0 Å². The first-order valence-electron chi connectivity index (χ1n) is 5.57. The van der Waals surface area contributed by atoms with Crippen molar-refractivity contribution in [3.8, 4) is 0 Å². The Morgan fingerprint density at radius 1 is 1.39 bits per heavy atom. The van der Waals surface area contributed by atoms with Crippen molar-refractivity contribution in [3.63, 3.8) is 0 Å². The van der Waals surface area contributed by atoms with E-state index in [0.29, 0.717) is 18.1 Å². The largest absolute Gasteiger partial charge is 0.316 e. The molecule has 0 saturated carbocycles. The molecule has 4 nitrogen and oxygen atoms in total. The molecule has 1 aliphatic rings. The Hall–Kier alpha value is -0.330. The molecule has 2 rings (SSSR count). The Labute approximate surface area is 117 Å². The van der Waals surface area contributed by atoms with Gasteiger partial charge in [0.1, 0.15) is 4.90 Å². The van der Waals surface area contributed by atoms with E-state index in [4.69, 9.17) is 23.2 Å². The van der Waals surface area contributed by atoms with Gasteiger partial charge in [-0.3, -0.25) is 0 Å². The first-order chi connectivity index (χ1) is 8.45. The summed E-state index contributed by atoms with van der Waals surface area (Å²) in [6, 6.07) is 4.66. The maximum absolute atomic E-state index is 12.4. The predicted octanol–water partition coefficient (Wildman–Crippen LogP) is 1.98. The molecule has 1 heterocycles. The summed E-state index contributed by atoms with van der Waals surface area (Å²) < 4.78 is 26.3. The van der Waals surface area contributed by atoms with Crippen molar-refractivity contribution in [2.75, 3.05) is 20.1 Å². The fraction of sp³-hybridized carbons (Fsp3) is 0.455. The Bertz CT molecular complexity index is 548. The zero-order chi connectivity index (χ0) is 13.3. The molecule has 1 aliphatic heterocycles. The summed E-state index contributed by atoms with van der Waals surface area (Å²) in [5.74, 6) is 0. The number of likely N-dealkylation sites (N-methyl/N-ethyl adjacent to an activating group) is 1. The first kappa shape index (κ1) is 14.1. The van der Waals surface area contributed by atoms with Crippen LogP contribution >= 0.6 is 23.2 Å². The summed E-state index contributed by atoms with van der Waals surface area (Å²) in [4.78, 5) is 0.0772. The molecule has 0 spiro atoms. The van der Waals surface area contributed by atoms with E-state index < -0.39 is 10.0 Å². The molecular weight excluding hydrogens is 295 g/mol. The average molecular weight is 309 g/mol. The van der Waals surface area contributed by atoms with Crippen molar-refractivity contribution in [2.24, 2.45) is 0 Å². The van der Waals surface area contributed by atoms with E-state index in [2.05, 4.69) is 5.32 Å². The molecule has 1 aromatic rings. The van der Waals surface area contributed by atoms with Gasteiger partial charge in [-0.2, -0.15) is 4.31 Å². The van der Waals surface area contributed by atoms with Gasteiger partial charge in [-0.05, 0) is 31.7 Å². The van der Waals surface area contributed by atoms with E-state index in [1.54, 1.807) is 6.07 Å². The maximum Gasteiger partial charge on any atom is 0.244 e. The second-order valence-electron chi connectivity index (χ2n) is 4.21. The molecule has 1 atom stereocenters. The number of hydrogen-bond acceptors (Lipinski definition) is 3. The molecule has 0 bridgehead atoms. The van der Waals surface area contributed by atoms with E-state index >= 15 is 0 Å². The van der Waals surface area contributed by atoms with Crippen LogP contribution in [-0.2, 0) is 10.0 Å². The molecule has 18 heavy (non-hydrogen) atoms. The van der Waals surface area contributed by atoms with Crippen LogP contribution < -0.4 is 5.32 Å². The van der Waals surface area contributed by atoms with Crippen LogP contribution in [0.1, 0.15) is 6.42 Å². The highest BCUT2D eigenvalue weighted by molar-refractivity contribution is 7.89. The lowest BCUT2D eigenvalue weighted by Crippen LogP contribution is -2.33. The van der Waals surface area contributed by atoms with Crippen LogP contribution in [0, 0.1) is 0 Å². The summed E-state index contributed by atoms with van der Waals surface area (Å²) in [6.45, 7) is 0.957. The number of rotatable bonds is 3. The van der Waals surface area contributed by atoms with Gasteiger partial charge < -0.3 is 5.32 Å². The Morgan fingerprint density at radius 3 is 2.72 bits per heavy atom. The van der Waals surface area contributed by atoms with E-state index in [-0.39, 0.29) is 16.0 Å². The van der Waals surface area contributed by atoms with Gasteiger partial charge in [0.25, 0.3) is 0 Å². The lowest BCUT2D eigenvalue weighted by molar-refractivity contribution is 0.464. The van der Waals surface area contributed by atoms with Crippen LogP contribution in [0.2, 0.25) is 10.0 Å². The SMILES string of the molecule is CNC1CCN(S(=O)(=O)c2cc(Cl)ccc2Cl)C1. The number of nitrogens with zero attached hydrogens (tertiary/aromatic N) is 1. The normalized spacial score (nSPS) is 21.4. The molecular formula is C11H14Cl2N2O2S. The number of benzene rings is 1. The quantitative estimate of drug-likeness (QED) is 0.929. The van der Waals surface area contributed by atoms with Crippen LogP contribution in [0.4, 0.5) is 0 Å². The highest BCUT2D eigenvalue weighted by atomic mass is 35.5. The van der Waals surface area contributed by atoms with Crippen molar-refractivity contribution < 1.29 is 8.42 Å². The lowest BCUT2D eigenvalue weighted by atomic mass is 10.3. The van der Waals surface area contributed by atoms with Gasteiger partial charge >= 0.3 is 0 Å². The third kappa shape index (κ3) is 2.65. The molecule has 1 fully saturated rings. The number of sulfonamides is 1. The molecule has 0 aliphatic carbocycles. The number of hydrogen-bond donors (Lipinski definition) is 1. The highest BCUT2D eigenvalue weighted by Crippen LogP contribution is 2.29. The third-order valence-corrected chi connectivity index (χ3v) is 5.65. The fourth-order valence-corrected chi connectivity index (χ4v) is 4.23. The van der Waals surface area contributed by atoms with Gasteiger partial charge in [-0.25, -0.2) is 8.42 Å². The Balaban J connectivity index is 2.34. The smallest absolute Gasteiger partial charge is 0.244 e. The van der Waals surface area contributed by atoms with E-state index in [1.165, 1.54) is 16.4 Å².